The number of anilines is 1. The fourth-order valence-corrected chi connectivity index (χ4v) is 8.23. The molecule has 7 nitrogen and oxygen atoms in total. The van der Waals surface area contributed by atoms with Crippen molar-refractivity contribution in [2.45, 2.75) is 75.9 Å². The molecule has 1 heterocycles. The van der Waals surface area contributed by atoms with Gasteiger partial charge in [0.05, 0.1) is 24.3 Å². The quantitative estimate of drug-likeness (QED) is 0.266. The highest BCUT2D eigenvalue weighted by atomic mass is 35.5. The number of amides is 1. The molecule has 2 aromatic rings. The van der Waals surface area contributed by atoms with Gasteiger partial charge in [0.15, 0.2) is 11.4 Å². The number of hydrogen-bond donors (Lipinski definition) is 2. The van der Waals surface area contributed by atoms with E-state index in [1.165, 1.54) is 18.1 Å². The number of rotatable bonds is 12. The molecule has 0 radical (unpaired) electrons. The van der Waals surface area contributed by atoms with Gasteiger partial charge in [0.1, 0.15) is 5.75 Å². The van der Waals surface area contributed by atoms with Gasteiger partial charge >= 0.3 is 0 Å². The van der Waals surface area contributed by atoms with E-state index in [-0.39, 0.29) is 29.6 Å². The third-order valence-electron chi connectivity index (χ3n) is 10.9. The van der Waals surface area contributed by atoms with Crippen molar-refractivity contribution < 1.29 is 24.5 Å². The molecular weight excluding hydrogens is 600 g/mol. The van der Waals surface area contributed by atoms with Gasteiger partial charge in [0.25, 0.3) is 0 Å². The van der Waals surface area contributed by atoms with Gasteiger partial charge in [0.2, 0.25) is 5.91 Å². The Morgan fingerprint density at radius 1 is 1.24 bits per heavy atom. The van der Waals surface area contributed by atoms with E-state index in [1.807, 2.05) is 25.1 Å². The van der Waals surface area contributed by atoms with Crippen LogP contribution in [0.1, 0.15) is 69.1 Å². The number of aliphatic hydroxyl groups is 2. The van der Waals surface area contributed by atoms with Gasteiger partial charge < -0.3 is 24.7 Å². The predicted molar refractivity (Wildman–Crippen MR) is 183 cm³/mol. The summed E-state index contributed by atoms with van der Waals surface area (Å²) in [4.78, 5) is 31.0. The number of carbonyl (C=O) groups is 2. The normalized spacial score (nSPS) is 24.6. The van der Waals surface area contributed by atoms with Crippen LogP contribution >= 0.6 is 11.6 Å². The minimum Gasteiger partial charge on any atom is -0.490 e. The molecular formula is C38H49ClN2O5. The summed E-state index contributed by atoms with van der Waals surface area (Å²) in [5, 5.41) is 23.7. The van der Waals surface area contributed by atoms with Crippen molar-refractivity contribution in [1.82, 2.24) is 4.90 Å². The Labute approximate surface area is 278 Å². The van der Waals surface area contributed by atoms with Crippen molar-refractivity contribution in [3.8, 4) is 5.75 Å². The molecule has 2 aromatic carbocycles. The van der Waals surface area contributed by atoms with Crippen molar-refractivity contribution in [1.29, 1.82) is 0 Å². The number of ether oxygens (including phenoxy) is 1. The molecule has 1 saturated carbocycles. The van der Waals surface area contributed by atoms with Gasteiger partial charge in [-0.25, -0.2) is 0 Å². The minimum atomic E-state index is -2.02. The molecule has 1 fully saturated rings. The first kappa shape index (κ1) is 34.2. The smallest absolute Gasteiger partial charge is 0.229 e. The predicted octanol–water partition coefficient (Wildman–Crippen LogP) is 6.22. The largest absolute Gasteiger partial charge is 0.490 e. The van der Waals surface area contributed by atoms with Crippen LogP contribution in [0.2, 0.25) is 5.02 Å². The van der Waals surface area contributed by atoms with E-state index in [9.17, 15) is 19.8 Å². The lowest BCUT2D eigenvalue weighted by Gasteiger charge is -2.45. The molecule has 1 spiro atoms. The van der Waals surface area contributed by atoms with Crippen molar-refractivity contribution in [2.75, 3.05) is 38.2 Å². The Bertz CT molecular complexity index is 1480. The van der Waals surface area contributed by atoms with E-state index in [0.717, 1.165) is 42.8 Å². The van der Waals surface area contributed by atoms with E-state index >= 15 is 0 Å². The van der Waals surface area contributed by atoms with E-state index in [1.54, 1.807) is 30.2 Å². The number of aryl methyl sites for hydroxylation is 1. The number of hydrogen-bond acceptors (Lipinski definition) is 6. The van der Waals surface area contributed by atoms with Crippen LogP contribution in [0.15, 0.2) is 61.7 Å². The molecule has 0 saturated heterocycles. The maximum absolute atomic E-state index is 13.7. The van der Waals surface area contributed by atoms with Gasteiger partial charge in [-0.15, -0.1) is 13.2 Å². The van der Waals surface area contributed by atoms with Crippen LogP contribution in [-0.4, -0.2) is 66.2 Å². The zero-order chi connectivity index (χ0) is 33.2. The Morgan fingerprint density at radius 2 is 2.02 bits per heavy atom. The lowest BCUT2D eigenvalue weighted by atomic mass is 9.68. The van der Waals surface area contributed by atoms with Gasteiger partial charge in [-0.1, -0.05) is 42.8 Å². The van der Waals surface area contributed by atoms with Crippen LogP contribution in [0.5, 0.6) is 5.75 Å². The summed E-state index contributed by atoms with van der Waals surface area (Å²) in [5.74, 6) is -0.689. The Morgan fingerprint density at radius 3 is 2.67 bits per heavy atom. The topological polar surface area (TPSA) is 90.3 Å². The third kappa shape index (κ3) is 6.26. The SMILES string of the molecule is C=CCCN(C)C(=O)[C@@H](CC)[C@@](O)(C(C)=O)c1ccc2c(c1)N(C[C@@H]1CC[C@H]1[C@@H](O)C=C)C[C@@]1(CCCc3cc(Cl)ccc31)CO2. The minimum absolute atomic E-state index is 0.115. The second kappa shape index (κ2) is 13.9. The zero-order valence-corrected chi connectivity index (χ0v) is 28.3. The zero-order valence-electron chi connectivity index (χ0n) is 27.5. The number of halogens is 1. The Kier molecular flexibility index (Phi) is 10.4. The lowest BCUT2D eigenvalue weighted by molar-refractivity contribution is -0.156. The number of benzene rings is 2. The van der Waals surface area contributed by atoms with Crippen LogP contribution in [0.25, 0.3) is 0 Å². The van der Waals surface area contributed by atoms with Crippen LogP contribution in [0.4, 0.5) is 5.69 Å². The first-order valence-electron chi connectivity index (χ1n) is 16.7. The maximum atomic E-state index is 13.7. The molecule has 2 aliphatic carbocycles. The summed E-state index contributed by atoms with van der Waals surface area (Å²) in [6.07, 6.45) is 8.54. The molecule has 0 aromatic heterocycles. The molecule has 3 aliphatic rings. The highest BCUT2D eigenvalue weighted by molar-refractivity contribution is 6.30. The molecule has 0 unspecified atom stereocenters. The van der Waals surface area contributed by atoms with E-state index in [2.05, 4.69) is 30.2 Å². The summed E-state index contributed by atoms with van der Waals surface area (Å²) in [7, 11) is 1.70. The van der Waals surface area contributed by atoms with Crippen molar-refractivity contribution in [2.24, 2.45) is 17.8 Å². The fraction of sp³-hybridized carbons (Fsp3) is 0.526. The molecule has 1 amide bonds. The second-order valence-electron chi connectivity index (χ2n) is 13.6. The maximum Gasteiger partial charge on any atom is 0.229 e. The van der Waals surface area contributed by atoms with Gasteiger partial charge in [0, 0.05) is 37.1 Å². The summed E-state index contributed by atoms with van der Waals surface area (Å²) in [6.45, 7) is 13.0. The molecule has 248 valence electrons. The second-order valence-corrected chi connectivity index (χ2v) is 14.1. The van der Waals surface area contributed by atoms with E-state index < -0.39 is 23.4 Å². The number of ketones is 1. The van der Waals surface area contributed by atoms with E-state index in [4.69, 9.17) is 16.3 Å². The third-order valence-corrected chi connectivity index (χ3v) is 11.1. The number of Topliss-reactive ketones (excluding diaryl/α,β-unsaturated/α-hetero) is 1. The molecule has 46 heavy (non-hydrogen) atoms. The van der Waals surface area contributed by atoms with E-state index in [0.29, 0.717) is 44.0 Å². The Balaban J connectivity index is 1.58. The van der Waals surface area contributed by atoms with Crippen LogP contribution < -0.4 is 9.64 Å². The standard InChI is InChI=1S/C38H49ClN2O5/c1-6-9-19-40(5)36(44)31(7-2)38(45,25(4)42)28-13-17-35-33(21-28)41(22-27-12-15-30(27)34(43)8-3)23-37(24-46-35)18-10-11-26-20-29(39)14-16-32(26)37/h6,8,13-14,16-17,20-21,27,30-31,34,43,45H,1,3,7,9-12,15,18-19,22-24H2,2,4-5H3/t27-,30+,31+,34-,37-,38+/m0/s1. The fourth-order valence-electron chi connectivity index (χ4n) is 8.04. The van der Waals surface area contributed by atoms with Gasteiger partial charge in [-0.2, -0.15) is 0 Å². The molecule has 0 bridgehead atoms. The summed E-state index contributed by atoms with van der Waals surface area (Å²) in [6, 6.07) is 11.6. The first-order chi connectivity index (χ1) is 22.0. The first-order valence-corrected chi connectivity index (χ1v) is 17.1. The average Bonchev–Trinajstić information content (AvgIpc) is 3.18. The van der Waals surface area contributed by atoms with Gasteiger partial charge in [-0.05, 0) is 105 Å². The Hall–Kier alpha value is -3.13. The van der Waals surface area contributed by atoms with Gasteiger partial charge in [-0.3, -0.25) is 9.59 Å². The van der Waals surface area contributed by atoms with Crippen LogP contribution in [0, 0.1) is 17.8 Å². The molecule has 8 heteroatoms. The monoisotopic (exact) mass is 648 g/mol. The van der Waals surface area contributed by atoms with Crippen molar-refractivity contribution >= 4 is 29.0 Å². The number of nitrogens with zero attached hydrogens (tertiary/aromatic N) is 2. The van der Waals surface area contributed by atoms with Crippen molar-refractivity contribution in [3.63, 3.8) is 0 Å². The average molecular weight is 649 g/mol. The molecule has 1 aliphatic heterocycles. The number of carbonyl (C=O) groups excluding carboxylic acids is 2. The molecule has 5 rings (SSSR count). The number of fused-ring (bicyclic) bond motifs is 3. The summed E-state index contributed by atoms with van der Waals surface area (Å²) >= 11 is 6.43. The highest BCUT2D eigenvalue weighted by Gasteiger charge is 2.49. The summed E-state index contributed by atoms with van der Waals surface area (Å²) in [5.41, 5.74) is 1.35. The van der Waals surface area contributed by atoms with Crippen LogP contribution in [0.3, 0.4) is 0 Å². The highest BCUT2D eigenvalue weighted by Crippen LogP contribution is 2.48. The number of aliphatic hydroxyl groups excluding tert-OH is 1. The molecule has 6 atom stereocenters. The lowest BCUT2D eigenvalue weighted by Crippen LogP contribution is -2.50. The van der Waals surface area contributed by atoms with Crippen molar-refractivity contribution in [3.05, 3.63) is 83.4 Å². The van der Waals surface area contributed by atoms with Crippen LogP contribution in [-0.2, 0) is 27.0 Å². The molecule has 2 N–H and O–H groups in total. The summed E-state index contributed by atoms with van der Waals surface area (Å²) < 4.78 is 6.64.